The van der Waals surface area contributed by atoms with E-state index in [9.17, 15) is 0 Å². The zero-order valence-corrected chi connectivity index (χ0v) is 39.4. The van der Waals surface area contributed by atoms with Crippen LogP contribution in [0.15, 0.2) is 189 Å². The summed E-state index contributed by atoms with van der Waals surface area (Å²) in [6, 6.07) is 60.5. The van der Waals surface area contributed by atoms with Gasteiger partial charge in [-0.3, -0.25) is 0 Å². The first-order chi connectivity index (χ1) is 33.2. The second-order valence-electron chi connectivity index (χ2n) is 19.9. The Morgan fingerprint density at radius 2 is 0.809 bits per heavy atom. The van der Waals surface area contributed by atoms with Gasteiger partial charge in [-0.25, -0.2) is 0 Å². The largest absolute Gasteiger partial charge is 0.458 e. The van der Waals surface area contributed by atoms with E-state index in [0.29, 0.717) is 0 Å². The summed E-state index contributed by atoms with van der Waals surface area (Å²) >= 11 is 3.79. The van der Waals surface area contributed by atoms with Crippen molar-refractivity contribution in [2.24, 2.45) is 0 Å². The molecule has 9 aromatic carbocycles. The van der Waals surface area contributed by atoms with Gasteiger partial charge in [0, 0.05) is 36.5 Å². The molecule has 4 aliphatic heterocycles. The predicted octanol–water partition coefficient (Wildman–Crippen LogP) is 12.1. The van der Waals surface area contributed by atoms with Gasteiger partial charge in [-0.2, -0.15) is 0 Å². The molecule has 0 saturated heterocycles. The van der Waals surface area contributed by atoms with E-state index in [1.165, 1.54) is 96.9 Å². The van der Waals surface area contributed by atoms with Crippen LogP contribution in [0.25, 0.3) is 22.3 Å². The van der Waals surface area contributed by atoms with Gasteiger partial charge < -0.3 is 18.9 Å². The summed E-state index contributed by atoms with van der Waals surface area (Å²) in [5, 5.41) is 0. The summed E-state index contributed by atoms with van der Waals surface area (Å²) in [6.07, 6.45) is 0. The smallest absolute Gasteiger partial charge is 0.253 e. The van der Waals surface area contributed by atoms with E-state index in [1.807, 2.05) is 84.2 Å². The molecule has 6 aliphatic rings. The molecule has 4 heterocycles. The van der Waals surface area contributed by atoms with Crippen LogP contribution in [0.5, 0.6) is 46.0 Å². The van der Waals surface area contributed by atoms with Crippen molar-refractivity contribution >= 4 is 69.7 Å². The third-order valence-electron chi connectivity index (χ3n) is 15.3. The van der Waals surface area contributed by atoms with Gasteiger partial charge in [-0.15, -0.1) is 0 Å². The monoisotopic (exact) mass is 910 g/mol. The topological polar surface area (TPSA) is 36.9 Å². The van der Waals surface area contributed by atoms with Gasteiger partial charge in [0.05, 0.1) is 0 Å². The normalized spacial score (nSPS) is 15.6. The number of para-hydroxylation sites is 2. The maximum atomic E-state index is 7.25. The van der Waals surface area contributed by atoms with Crippen LogP contribution in [-0.4, -0.2) is 13.4 Å². The average Bonchev–Trinajstić information content (AvgIpc) is 3.72. The first-order valence-electron chi connectivity index (χ1n) is 23.4. The molecule has 0 amide bonds. The molecule has 68 heavy (non-hydrogen) atoms. The number of hydrogen-bond acceptors (Lipinski definition) is 6. The maximum absolute atomic E-state index is 7.25. The van der Waals surface area contributed by atoms with Crippen LogP contribution in [0.1, 0.15) is 49.9 Å². The summed E-state index contributed by atoms with van der Waals surface area (Å²) < 4.78 is 27.3. The summed E-state index contributed by atoms with van der Waals surface area (Å²) in [6.45, 7) is 9.43. The second kappa shape index (κ2) is 13.8. The standard InChI is InChI=1S/C60H40B2O4S2/c1-59(2)41-27-35(63-33-15-7-5-8-16-33)23-25-37(41)39-29-49-55-57(53(39)59)67-51-21-13-11-19-43(51)61(55)45-31-46-48(32-47(45)65-49)66-50-30-40-38-26-24-36(64-34-17-9-6-10-18-34)28-42(38)60(3,4)54(40)58-56(50)62(46)44-20-12-14-22-52(44)68-58/h5-32H,1-4H3. The molecule has 0 fully saturated rings. The van der Waals surface area contributed by atoms with E-state index in [4.69, 9.17) is 18.9 Å². The minimum atomic E-state index is -0.285. The molecule has 8 heteroatoms. The van der Waals surface area contributed by atoms with Crippen LogP contribution in [0.4, 0.5) is 0 Å². The van der Waals surface area contributed by atoms with Gasteiger partial charge in [-0.1, -0.05) is 153 Å². The Morgan fingerprint density at radius 1 is 0.382 bits per heavy atom. The summed E-state index contributed by atoms with van der Waals surface area (Å²) in [7, 11) is 0. The zero-order chi connectivity index (χ0) is 45.2. The fraction of sp³-hybridized carbons (Fsp3) is 0.100. The third kappa shape index (κ3) is 5.33. The maximum Gasteiger partial charge on any atom is 0.253 e. The highest BCUT2D eigenvalue weighted by Gasteiger charge is 2.50. The van der Waals surface area contributed by atoms with Gasteiger partial charge in [-0.05, 0) is 139 Å². The van der Waals surface area contributed by atoms with Crippen molar-refractivity contribution in [1.82, 2.24) is 0 Å². The summed E-state index contributed by atoms with van der Waals surface area (Å²) in [5.74, 6) is 6.86. The van der Waals surface area contributed by atoms with E-state index >= 15 is 0 Å². The van der Waals surface area contributed by atoms with E-state index < -0.39 is 0 Å². The van der Waals surface area contributed by atoms with Gasteiger partial charge in [0.25, 0.3) is 13.4 Å². The second-order valence-corrected chi connectivity index (χ2v) is 22.0. The fourth-order valence-corrected chi connectivity index (χ4v) is 15.3. The van der Waals surface area contributed by atoms with E-state index in [-0.39, 0.29) is 24.3 Å². The van der Waals surface area contributed by atoms with Crippen LogP contribution >= 0.6 is 23.5 Å². The van der Waals surface area contributed by atoms with Gasteiger partial charge in [0.2, 0.25) is 0 Å². The summed E-state index contributed by atoms with van der Waals surface area (Å²) in [5.41, 5.74) is 17.1. The molecular formula is C60H40B2O4S2. The lowest BCUT2D eigenvalue weighted by Crippen LogP contribution is -2.62. The average molecular weight is 911 g/mol. The molecule has 322 valence electrons. The number of rotatable bonds is 4. The molecule has 0 bridgehead atoms. The molecule has 0 radical (unpaired) electrons. The number of hydrogen-bond donors (Lipinski definition) is 0. The van der Waals surface area contributed by atoms with Gasteiger partial charge >= 0.3 is 0 Å². The quantitative estimate of drug-likeness (QED) is 0.164. The van der Waals surface area contributed by atoms with Crippen molar-refractivity contribution in [2.45, 2.75) is 58.1 Å². The van der Waals surface area contributed by atoms with Crippen molar-refractivity contribution in [3.63, 3.8) is 0 Å². The van der Waals surface area contributed by atoms with Crippen LogP contribution in [0, 0.1) is 0 Å². The zero-order valence-electron chi connectivity index (χ0n) is 37.8. The first-order valence-corrected chi connectivity index (χ1v) is 25.1. The van der Waals surface area contributed by atoms with Crippen LogP contribution in [0.3, 0.4) is 0 Å². The minimum Gasteiger partial charge on any atom is -0.458 e. The molecule has 0 saturated carbocycles. The molecule has 0 spiro atoms. The highest BCUT2D eigenvalue weighted by molar-refractivity contribution is 8.00. The number of benzene rings is 9. The molecule has 0 aromatic heterocycles. The predicted molar refractivity (Wildman–Crippen MR) is 278 cm³/mol. The lowest BCUT2D eigenvalue weighted by molar-refractivity contribution is 0.464. The molecule has 2 aliphatic carbocycles. The molecule has 0 unspecified atom stereocenters. The highest BCUT2D eigenvalue weighted by Crippen LogP contribution is 2.58. The fourth-order valence-electron chi connectivity index (χ4n) is 12.4. The van der Waals surface area contributed by atoms with Crippen LogP contribution < -0.4 is 51.7 Å². The summed E-state index contributed by atoms with van der Waals surface area (Å²) in [4.78, 5) is 5.17. The van der Waals surface area contributed by atoms with Crippen LogP contribution in [0.2, 0.25) is 0 Å². The molecule has 0 atom stereocenters. The Kier molecular flexibility index (Phi) is 7.93. The molecule has 4 nitrogen and oxygen atoms in total. The van der Waals surface area contributed by atoms with E-state index in [2.05, 4.69) is 137 Å². The van der Waals surface area contributed by atoms with Crippen LogP contribution in [-0.2, 0) is 10.8 Å². The number of fused-ring (bicyclic) bond motifs is 16. The van der Waals surface area contributed by atoms with E-state index in [0.717, 1.165) is 46.0 Å². The highest BCUT2D eigenvalue weighted by atomic mass is 32.2. The third-order valence-corrected chi connectivity index (χ3v) is 17.8. The van der Waals surface area contributed by atoms with Crippen molar-refractivity contribution in [1.29, 1.82) is 0 Å². The van der Waals surface area contributed by atoms with E-state index in [1.54, 1.807) is 0 Å². The Morgan fingerprint density at radius 3 is 1.26 bits per heavy atom. The number of ether oxygens (including phenoxy) is 4. The molecule has 15 rings (SSSR count). The van der Waals surface area contributed by atoms with Gasteiger partial charge in [0.1, 0.15) is 46.0 Å². The lowest BCUT2D eigenvalue weighted by atomic mass is 9.32. The van der Waals surface area contributed by atoms with Crippen molar-refractivity contribution in [3.8, 4) is 68.2 Å². The van der Waals surface area contributed by atoms with Crippen molar-refractivity contribution < 1.29 is 18.9 Å². The Bertz CT molecular complexity index is 3480. The van der Waals surface area contributed by atoms with Gasteiger partial charge in [0.15, 0.2) is 0 Å². The van der Waals surface area contributed by atoms with Crippen molar-refractivity contribution in [3.05, 3.63) is 192 Å². The molecular weight excluding hydrogens is 870 g/mol. The Hall–Kier alpha value is -6.99. The SMILES string of the molecule is CC1(C)c2cc(Oc3ccccc3)ccc2-c2cc3c4c(c21)Sc1ccccc1B4c1cc2c(cc1O3)Oc1cc3c(c4c1B2c1ccccc1S4)C(C)(C)c1cc(Oc2ccccc2)ccc1-3. The van der Waals surface area contributed by atoms with Crippen molar-refractivity contribution in [2.75, 3.05) is 0 Å². The lowest BCUT2D eigenvalue weighted by Gasteiger charge is -2.39. The Labute approximate surface area is 404 Å². The molecule has 9 aromatic rings. The first kappa shape index (κ1) is 39.0. The minimum absolute atomic E-state index is 0.0249. The Balaban J connectivity index is 0.895. The molecule has 0 N–H and O–H groups in total.